The van der Waals surface area contributed by atoms with Crippen LogP contribution in [0.5, 0.6) is 0 Å². The largest absolute Gasteiger partial charge is 0.373 e. The molecule has 0 spiro atoms. The molecule has 0 fully saturated rings. The van der Waals surface area contributed by atoms with Crippen LogP contribution in [-0.4, -0.2) is 49.1 Å². The molecule has 0 aliphatic heterocycles. The Labute approximate surface area is 110 Å². The standard InChI is InChI=1S/C13H25N5/c1-6-7-11-16-12(14-3)10(2)13(17-11)15-8-9-18(4)5/h6-9H2,1-5H3,(H2,14,15,16,17). The van der Waals surface area contributed by atoms with Gasteiger partial charge in [0.15, 0.2) is 0 Å². The predicted octanol–water partition coefficient (Wildman–Crippen LogP) is 1.75. The zero-order chi connectivity index (χ0) is 13.5. The van der Waals surface area contributed by atoms with Crippen LogP contribution < -0.4 is 10.6 Å². The highest BCUT2D eigenvalue weighted by Crippen LogP contribution is 2.19. The van der Waals surface area contributed by atoms with Gasteiger partial charge in [0.1, 0.15) is 17.5 Å². The summed E-state index contributed by atoms with van der Waals surface area (Å²) in [5.41, 5.74) is 1.08. The van der Waals surface area contributed by atoms with Crippen molar-refractivity contribution in [2.45, 2.75) is 26.7 Å². The quantitative estimate of drug-likeness (QED) is 0.773. The number of aromatic nitrogens is 2. The number of likely N-dealkylation sites (N-methyl/N-ethyl adjacent to an activating group) is 1. The molecule has 5 nitrogen and oxygen atoms in total. The summed E-state index contributed by atoms with van der Waals surface area (Å²) >= 11 is 0. The number of nitrogens with zero attached hydrogens (tertiary/aromatic N) is 3. The molecule has 0 aliphatic rings. The second-order valence-electron chi connectivity index (χ2n) is 4.69. The van der Waals surface area contributed by atoms with E-state index in [9.17, 15) is 0 Å². The number of nitrogens with one attached hydrogen (secondary N) is 2. The number of anilines is 2. The normalized spacial score (nSPS) is 10.8. The Morgan fingerprint density at radius 2 is 1.83 bits per heavy atom. The summed E-state index contributed by atoms with van der Waals surface area (Å²) < 4.78 is 0. The van der Waals surface area contributed by atoms with Crippen LogP contribution in [0.1, 0.15) is 24.7 Å². The van der Waals surface area contributed by atoms with Gasteiger partial charge in [0.2, 0.25) is 0 Å². The van der Waals surface area contributed by atoms with Crippen LogP contribution in [0.3, 0.4) is 0 Å². The Kier molecular flexibility index (Phi) is 5.85. The lowest BCUT2D eigenvalue weighted by Gasteiger charge is -2.15. The molecular formula is C13H25N5. The third-order valence-electron chi connectivity index (χ3n) is 2.75. The lowest BCUT2D eigenvalue weighted by atomic mass is 10.2. The highest BCUT2D eigenvalue weighted by atomic mass is 15.1. The van der Waals surface area contributed by atoms with Crippen molar-refractivity contribution in [1.82, 2.24) is 14.9 Å². The van der Waals surface area contributed by atoms with Gasteiger partial charge in [0, 0.05) is 32.1 Å². The minimum Gasteiger partial charge on any atom is -0.373 e. The van der Waals surface area contributed by atoms with Gasteiger partial charge < -0.3 is 15.5 Å². The average molecular weight is 251 g/mol. The molecule has 0 amide bonds. The summed E-state index contributed by atoms with van der Waals surface area (Å²) in [6.07, 6.45) is 1.97. The Bertz CT molecular complexity index is 376. The fourth-order valence-corrected chi connectivity index (χ4v) is 1.71. The van der Waals surface area contributed by atoms with Gasteiger partial charge >= 0.3 is 0 Å². The second kappa shape index (κ2) is 7.16. The van der Waals surface area contributed by atoms with Crippen molar-refractivity contribution < 1.29 is 0 Å². The predicted molar refractivity (Wildman–Crippen MR) is 77.4 cm³/mol. The Morgan fingerprint density at radius 1 is 1.17 bits per heavy atom. The molecule has 102 valence electrons. The monoisotopic (exact) mass is 251 g/mol. The molecular weight excluding hydrogens is 226 g/mol. The molecule has 0 bridgehead atoms. The molecule has 0 saturated carbocycles. The van der Waals surface area contributed by atoms with Gasteiger partial charge in [0.25, 0.3) is 0 Å². The minimum atomic E-state index is 0.888. The van der Waals surface area contributed by atoms with Crippen LogP contribution in [0.15, 0.2) is 0 Å². The molecule has 0 aliphatic carbocycles. The molecule has 0 aromatic carbocycles. The second-order valence-corrected chi connectivity index (χ2v) is 4.69. The number of rotatable bonds is 7. The van der Waals surface area contributed by atoms with E-state index in [2.05, 4.69) is 46.5 Å². The summed E-state index contributed by atoms with van der Waals surface area (Å²) in [5, 5.41) is 6.52. The zero-order valence-electron chi connectivity index (χ0n) is 12.2. The summed E-state index contributed by atoms with van der Waals surface area (Å²) in [6.45, 7) is 6.06. The van der Waals surface area contributed by atoms with Crippen molar-refractivity contribution in [2.24, 2.45) is 0 Å². The first-order valence-corrected chi connectivity index (χ1v) is 6.52. The molecule has 2 N–H and O–H groups in total. The van der Waals surface area contributed by atoms with Crippen LogP contribution in [0.25, 0.3) is 0 Å². The maximum atomic E-state index is 4.59. The van der Waals surface area contributed by atoms with E-state index in [1.165, 1.54) is 0 Å². The molecule has 1 heterocycles. The van der Waals surface area contributed by atoms with Gasteiger partial charge in [-0.3, -0.25) is 0 Å². The van der Waals surface area contributed by atoms with Gasteiger partial charge in [-0.25, -0.2) is 9.97 Å². The molecule has 1 aromatic rings. The van der Waals surface area contributed by atoms with Crippen molar-refractivity contribution in [3.8, 4) is 0 Å². The van der Waals surface area contributed by atoms with Crippen LogP contribution >= 0.6 is 0 Å². The van der Waals surface area contributed by atoms with Crippen LogP contribution in [0, 0.1) is 6.92 Å². The van der Waals surface area contributed by atoms with Crippen molar-refractivity contribution in [2.75, 3.05) is 44.9 Å². The maximum absolute atomic E-state index is 4.59. The van der Waals surface area contributed by atoms with Crippen LogP contribution in [0.2, 0.25) is 0 Å². The minimum absolute atomic E-state index is 0.888. The topological polar surface area (TPSA) is 53.1 Å². The SMILES string of the molecule is CCCc1nc(NC)c(C)c(NCCN(C)C)n1. The summed E-state index contributed by atoms with van der Waals surface area (Å²) in [7, 11) is 6.03. The zero-order valence-corrected chi connectivity index (χ0v) is 12.2. The van der Waals surface area contributed by atoms with Gasteiger partial charge in [-0.1, -0.05) is 6.92 Å². The average Bonchev–Trinajstić information content (AvgIpc) is 2.32. The fraction of sp³-hybridized carbons (Fsp3) is 0.692. The lowest BCUT2D eigenvalue weighted by molar-refractivity contribution is 0.425. The molecule has 0 saturated heterocycles. The van der Waals surface area contributed by atoms with Crippen molar-refractivity contribution in [3.63, 3.8) is 0 Å². The molecule has 5 heteroatoms. The van der Waals surface area contributed by atoms with E-state index in [1.807, 2.05) is 14.0 Å². The van der Waals surface area contributed by atoms with E-state index >= 15 is 0 Å². The van der Waals surface area contributed by atoms with Gasteiger partial charge in [-0.05, 0) is 27.4 Å². The first-order valence-electron chi connectivity index (χ1n) is 6.52. The van der Waals surface area contributed by atoms with Crippen molar-refractivity contribution in [1.29, 1.82) is 0 Å². The van der Waals surface area contributed by atoms with E-state index in [1.54, 1.807) is 0 Å². The van der Waals surface area contributed by atoms with Crippen LogP contribution in [0.4, 0.5) is 11.6 Å². The van der Waals surface area contributed by atoms with Gasteiger partial charge in [-0.2, -0.15) is 0 Å². The lowest BCUT2D eigenvalue weighted by Crippen LogP contribution is -2.22. The summed E-state index contributed by atoms with van der Waals surface area (Å²) in [5.74, 6) is 2.76. The highest BCUT2D eigenvalue weighted by molar-refractivity contribution is 5.56. The molecule has 1 aromatic heterocycles. The molecule has 1 rings (SSSR count). The third-order valence-corrected chi connectivity index (χ3v) is 2.75. The van der Waals surface area contributed by atoms with E-state index in [-0.39, 0.29) is 0 Å². The first-order chi connectivity index (χ1) is 8.58. The Morgan fingerprint density at radius 3 is 2.39 bits per heavy atom. The van der Waals surface area contributed by atoms with E-state index < -0.39 is 0 Å². The van der Waals surface area contributed by atoms with Gasteiger partial charge in [-0.15, -0.1) is 0 Å². The number of aryl methyl sites for hydroxylation is 1. The molecule has 0 atom stereocenters. The molecule has 18 heavy (non-hydrogen) atoms. The third kappa shape index (κ3) is 4.14. The van der Waals surface area contributed by atoms with Crippen molar-refractivity contribution >= 4 is 11.6 Å². The smallest absolute Gasteiger partial charge is 0.134 e. The van der Waals surface area contributed by atoms with E-state index in [0.29, 0.717) is 0 Å². The highest BCUT2D eigenvalue weighted by Gasteiger charge is 2.09. The van der Waals surface area contributed by atoms with E-state index in [4.69, 9.17) is 0 Å². The molecule has 0 unspecified atom stereocenters. The Hall–Kier alpha value is -1.36. The number of hydrogen-bond acceptors (Lipinski definition) is 5. The first kappa shape index (κ1) is 14.7. The van der Waals surface area contributed by atoms with E-state index in [0.717, 1.165) is 49.0 Å². The van der Waals surface area contributed by atoms with Gasteiger partial charge in [0.05, 0.1) is 0 Å². The van der Waals surface area contributed by atoms with Crippen LogP contribution in [-0.2, 0) is 6.42 Å². The summed E-state index contributed by atoms with van der Waals surface area (Å²) in [4.78, 5) is 11.2. The fourth-order valence-electron chi connectivity index (χ4n) is 1.71. The summed E-state index contributed by atoms with van der Waals surface area (Å²) in [6, 6.07) is 0. The van der Waals surface area contributed by atoms with Crippen molar-refractivity contribution in [3.05, 3.63) is 11.4 Å². The Balaban J connectivity index is 2.83. The maximum Gasteiger partial charge on any atom is 0.134 e. The molecule has 0 radical (unpaired) electrons. The number of hydrogen-bond donors (Lipinski definition) is 2.